The van der Waals surface area contributed by atoms with Gasteiger partial charge < -0.3 is 4.55 Å². The summed E-state index contributed by atoms with van der Waals surface area (Å²) in [5.41, 5.74) is 0. The molecule has 0 amide bonds. The van der Waals surface area contributed by atoms with Crippen LogP contribution in [-0.2, 0) is 10.1 Å². The quantitative estimate of drug-likeness (QED) is 0.0498. The molecule has 0 spiro atoms. The minimum Gasteiger partial charge on any atom is -0.748 e. The molecule has 0 saturated heterocycles. The Hall–Kier alpha value is 1.55. The molecule has 0 radical (unpaired) electrons. The normalized spacial score (nSPS) is 12.5. The fourth-order valence-electron chi connectivity index (χ4n) is 5.39. The van der Waals surface area contributed by atoms with Crippen molar-refractivity contribution in [2.45, 2.75) is 205 Å². The van der Waals surface area contributed by atoms with Gasteiger partial charge in [0.2, 0.25) is 0 Å². The third-order valence-corrected chi connectivity index (χ3v) is 9.21. The van der Waals surface area contributed by atoms with E-state index in [0.29, 0.717) is 12.8 Å². The zero-order chi connectivity index (χ0) is 26.6. The van der Waals surface area contributed by atoms with Crippen molar-refractivity contribution in [2.75, 3.05) is 0 Å². The molecule has 0 aliphatic heterocycles. The Morgan fingerprint density at radius 2 is 0.595 bits per heavy atom. The van der Waals surface area contributed by atoms with Crippen molar-refractivity contribution in [1.82, 2.24) is 0 Å². The van der Waals surface area contributed by atoms with E-state index in [1.165, 1.54) is 148 Å². The maximum absolute atomic E-state index is 11.7. The van der Waals surface area contributed by atoms with Crippen molar-refractivity contribution >= 4 is 10.1 Å². The van der Waals surface area contributed by atoms with Crippen molar-refractivity contribution in [1.29, 1.82) is 0 Å². The van der Waals surface area contributed by atoms with Gasteiger partial charge >= 0.3 is 51.4 Å². The molecule has 3 nitrogen and oxygen atoms in total. The fraction of sp³-hybridized carbons (Fsp3) is 1.00. The zero-order valence-corrected chi connectivity index (χ0v) is 29.7. The van der Waals surface area contributed by atoms with E-state index < -0.39 is 15.4 Å². The molecule has 0 aliphatic carbocycles. The van der Waals surface area contributed by atoms with E-state index in [1.807, 2.05) is 0 Å². The van der Waals surface area contributed by atoms with E-state index >= 15 is 0 Å². The largest absolute Gasteiger partial charge is 1.00 e. The predicted molar refractivity (Wildman–Crippen MR) is 159 cm³/mol. The summed E-state index contributed by atoms with van der Waals surface area (Å²) < 4.78 is 35.0. The number of rotatable bonds is 30. The summed E-state index contributed by atoms with van der Waals surface area (Å²) in [5, 5.41) is -0.650. The molecule has 0 aliphatic rings. The van der Waals surface area contributed by atoms with Crippen LogP contribution in [0.5, 0.6) is 0 Å². The second-order valence-corrected chi connectivity index (χ2v) is 13.2. The van der Waals surface area contributed by atoms with Crippen molar-refractivity contribution in [3.8, 4) is 0 Å². The van der Waals surface area contributed by atoms with Gasteiger partial charge in [-0.3, -0.25) is 0 Å². The van der Waals surface area contributed by atoms with Crippen LogP contribution >= 0.6 is 0 Å². The average Bonchev–Trinajstić information content (AvgIpc) is 2.85. The molecule has 0 bridgehead atoms. The monoisotopic (exact) mass is 568 g/mol. The Labute approximate surface area is 277 Å². The van der Waals surface area contributed by atoms with Crippen LogP contribution in [0.1, 0.15) is 200 Å². The van der Waals surface area contributed by atoms with Crippen LogP contribution in [0.15, 0.2) is 0 Å². The Morgan fingerprint density at radius 3 is 0.784 bits per heavy atom. The van der Waals surface area contributed by atoms with Crippen LogP contribution in [0.25, 0.3) is 0 Å². The van der Waals surface area contributed by atoms with E-state index in [1.54, 1.807) is 0 Å². The standard InChI is InChI=1S/C32H66O3S.K/c1-3-5-7-9-11-13-14-15-16-17-18-19-20-21-23-25-27-29-31-32(36(33,34)35)30-28-26-24-22-12-10-8-6-4-2;/h32H,3-31H2,1-2H3,(H,33,34,35);/q;+1/p-1. The Bertz CT molecular complexity index is 524. The Morgan fingerprint density at radius 1 is 0.405 bits per heavy atom. The first-order chi connectivity index (χ1) is 17.5. The SMILES string of the molecule is CCCCCCCCCCCCCCCCCCCCC(CCCCCCCCCCC)S(=O)(=O)[O-].[K+]. The first kappa shape index (κ1) is 40.7. The van der Waals surface area contributed by atoms with E-state index in [2.05, 4.69) is 13.8 Å². The number of unbranched alkanes of at least 4 members (excludes halogenated alkanes) is 25. The molecule has 0 rings (SSSR count). The van der Waals surface area contributed by atoms with E-state index in [0.717, 1.165) is 25.7 Å². The van der Waals surface area contributed by atoms with Gasteiger partial charge in [-0.25, -0.2) is 8.42 Å². The molecular weight excluding hydrogens is 504 g/mol. The van der Waals surface area contributed by atoms with Gasteiger partial charge in [0.05, 0.1) is 10.1 Å². The molecule has 0 aromatic rings. The first-order valence-corrected chi connectivity index (χ1v) is 17.9. The van der Waals surface area contributed by atoms with Gasteiger partial charge in [0, 0.05) is 5.25 Å². The predicted octanol–water partition coefficient (Wildman–Crippen LogP) is 8.26. The minimum absolute atomic E-state index is 0. The van der Waals surface area contributed by atoms with Gasteiger partial charge in [-0.1, -0.05) is 187 Å². The zero-order valence-electron chi connectivity index (χ0n) is 25.7. The molecule has 5 heteroatoms. The molecule has 218 valence electrons. The van der Waals surface area contributed by atoms with Gasteiger partial charge in [-0.2, -0.15) is 0 Å². The van der Waals surface area contributed by atoms with Crippen LogP contribution in [0.3, 0.4) is 0 Å². The molecule has 0 saturated carbocycles. The van der Waals surface area contributed by atoms with Crippen LogP contribution < -0.4 is 51.4 Å². The topological polar surface area (TPSA) is 57.2 Å². The van der Waals surface area contributed by atoms with Crippen molar-refractivity contribution in [3.05, 3.63) is 0 Å². The fourth-order valence-corrected chi connectivity index (χ4v) is 6.30. The summed E-state index contributed by atoms with van der Waals surface area (Å²) in [7, 11) is -4.15. The van der Waals surface area contributed by atoms with Gasteiger partial charge in [0.1, 0.15) is 0 Å². The van der Waals surface area contributed by atoms with Crippen LogP contribution in [0, 0.1) is 0 Å². The second kappa shape index (κ2) is 32.1. The van der Waals surface area contributed by atoms with E-state index in [4.69, 9.17) is 0 Å². The summed E-state index contributed by atoms with van der Waals surface area (Å²) in [5.74, 6) is 0. The summed E-state index contributed by atoms with van der Waals surface area (Å²) in [4.78, 5) is 0. The maximum atomic E-state index is 11.7. The average molecular weight is 569 g/mol. The second-order valence-electron chi connectivity index (χ2n) is 11.5. The molecule has 0 aromatic carbocycles. The number of hydrogen-bond donors (Lipinski definition) is 0. The number of hydrogen-bond acceptors (Lipinski definition) is 3. The van der Waals surface area contributed by atoms with Gasteiger partial charge in [0.15, 0.2) is 0 Å². The van der Waals surface area contributed by atoms with Gasteiger partial charge in [-0.15, -0.1) is 0 Å². The Kier molecular flexibility index (Phi) is 35.3. The molecule has 37 heavy (non-hydrogen) atoms. The molecule has 1 atom stereocenters. The Balaban J connectivity index is 0. The summed E-state index contributed by atoms with van der Waals surface area (Å²) in [6.07, 6.45) is 36.1. The molecular formula is C32H65KO3S. The van der Waals surface area contributed by atoms with Crippen molar-refractivity contribution in [2.24, 2.45) is 0 Å². The third-order valence-electron chi connectivity index (χ3n) is 7.92. The van der Waals surface area contributed by atoms with Crippen molar-refractivity contribution in [3.63, 3.8) is 0 Å². The maximum Gasteiger partial charge on any atom is 1.00 e. The third kappa shape index (κ3) is 31.9. The van der Waals surface area contributed by atoms with E-state index in [-0.39, 0.29) is 51.4 Å². The molecule has 1 unspecified atom stereocenters. The first-order valence-electron chi connectivity index (χ1n) is 16.5. The molecule has 0 heterocycles. The smallest absolute Gasteiger partial charge is 0.748 e. The van der Waals surface area contributed by atoms with Gasteiger partial charge in [0.25, 0.3) is 0 Å². The summed E-state index contributed by atoms with van der Waals surface area (Å²) in [6, 6.07) is 0. The molecule has 0 fully saturated rings. The summed E-state index contributed by atoms with van der Waals surface area (Å²) >= 11 is 0. The van der Waals surface area contributed by atoms with Crippen molar-refractivity contribution < 1.29 is 64.4 Å². The molecule has 0 N–H and O–H groups in total. The summed E-state index contributed by atoms with van der Waals surface area (Å²) in [6.45, 7) is 4.52. The molecule has 0 aromatic heterocycles. The van der Waals surface area contributed by atoms with Gasteiger partial charge in [-0.05, 0) is 12.8 Å². The van der Waals surface area contributed by atoms with Crippen LogP contribution in [-0.4, -0.2) is 18.2 Å². The van der Waals surface area contributed by atoms with Crippen LogP contribution in [0.4, 0.5) is 0 Å². The van der Waals surface area contributed by atoms with Crippen LogP contribution in [0.2, 0.25) is 0 Å². The van der Waals surface area contributed by atoms with E-state index in [9.17, 15) is 13.0 Å². The minimum atomic E-state index is -4.15.